The number of benzene rings is 17. The fourth-order valence-electron chi connectivity index (χ4n) is 17.8. The van der Waals surface area contributed by atoms with Crippen molar-refractivity contribution in [3.8, 4) is 78.1 Å². The van der Waals surface area contributed by atoms with Crippen LogP contribution in [0.2, 0.25) is 0 Å². The van der Waals surface area contributed by atoms with Crippen molar-refractivity contribution in [2.45, 2.75) is 38.5 Å². The first-order valence-corrected chi connectivity index (χ1v) is 38.3. The molecule has 0 amide bonds. The van der Waals surface area contributed by atoms with Crippen LogP contribution < -0.4 is 9.80 Å². The predicted octanol–water partition coefficient (Wildman–Crippen LogP) is 28.9. The highest BCUT2D eigenvalue weighted by Gasteiger charge is 2.38. The van der Waals surface area contributed by atoms with Crippen LogP contribution in [0, 0.1) is 0 Å². The number of aromatic nitrogens is 2. The zero-order valence-corrected chi connectivity index (χ0v) is 61.9. The average molecular weight is 1410 g/mol. The number of hydrogen-bond acceptors (Lipinski definition) is 2. The van der Waals surface area contributed by atoms with Crippen molar-refractivity contribution in [1.82, 2.24) is 9.13 Å². The SMILES string of the molecule is CC1(C)c2cc(N(c3ccc(-c4ccccc4)cc3)c3ccc(-c4ccc5c(c4)c4ccccc4n5-c4ccccc4)cc3)ccc2-c2c1ccc1ccccc21.CC1(C)c2ccccc2-c2ccc(N(c3ccc(-c4ccccc4)cc3)c3ccc(-c4ccc5c(c4)c4ccccc4n5-c4ccccc4)cc3)cc21. The van der Waals surface area contributed by atoms with Gasteiger partial charge in [0.15, 0.2) is 0 Å². The molecule has 2 heterocycles. The number of nitrogens with zero attached hydrogens (tertiary/aromatic N) is 4. The summed E-state index contributed by atoms with van der Waals surface area (Å²) in [7, 11) is 0. The van der Waals surface area contributed by atoms with Crippen LogP contribution in [-0.2, 0) is 10.8 Å². The van der Waals surface area contributed by atoms with Crippen LogP contribution in [0.15, 0.2) is 400 Å². The van der Waals surface area contributed by atoms with Gasteiger partial charge in [-0.1, -0.05) is 295 Å². The minimum atomic E-state index is -0.139. The van der Waals surface area contributed by atoms with Crippen LogP contribution in [0.3, 0.4) is 0 Å². The van der Waals surface area contributed by atoms with Gasteiger partial charge in [0.25, 0.3) is 0 Å². The minimum absolute atomic E-state index is 0.0864. The molecular weight excluding hydrogens is 1330 g/mol. The lowest BCUT2D eigenvalue weighted by molar-refractivity contribution is 0.660. The van der Waals surface area contributed by atoms with Gasteiger partial charge in [0, 0.05) is 77.9 Å². The number of hydrogen-bond donors (Lipinski definition) is 0. The topological polar surface area (TPSA) is 16.3 Å². The zero-order valence-electron chi connectivity index (χ0n) is 61.9. The molecule has 0 bridgehead atoms. The second-order valence-corrected chi connectivity index (χ2v) is 30.4. The summed E-state index contributed by atoms with van der Waals surface area (Å²) < 4.78 is 4.74. The van der Waals surface area contributed by atoms with Gasteiger partial charge < -0.3 is 18.9 Å². The number of fused-ring (bicyclic) bond motifs is 14. The van der Waals surface area contributed by atoms with Gasteiger partial charge in [0.2, 0.25) is 0 Å². The van der Waals surface area contributed by atoms with Crippen molar-refractivity contribution >= 4 is 88.5 Å². The van der Waals surface area contributed by atoms with E-state index in [9.17, 15) is 0 Å². The van der Waals surface area contributed by atoms with Gasteiger partial charge in [-0.15, -0.1) is 0 Å². The molecule has 0 radical (unpaired) electrons. The fourth-order valence-corrected chi connectivity index (χ4v) is 17.8. The Morgan fingerprint density at radius 3 is 1.00 bits per heavy atom. The van der Waals surface area contributed by atoms with E-state index in [4.69, 9.17) is 0 Å². The summed E-state index contributed by atoms with van der Waals surface area (Å²) in [5.41, 5.74) is 34.3. The third kappa shape index (κ3) is 11.1. The van der Waals surface area contributed by atoms with Crippen LogP contribution in [0.5, 0.6) is 0 Å². The van der Waals surface area contributed by atoms with Gasteiger partial charge in [-0.2, -0.15) is 0 Å². The van der Waals surface area contributed by atoms with Gasteiger partial charge in [0.1, 0.15) is 0 Å². The van der Waals surface area contributed by atoms with E-state index in [1.165, 1.54) is 155 Å². The van der Waals surface area contributed by atoms with Gasteiger partial charge in [0.05, 0.1) is 22.1 Å². The molecule has 0 saturated carbocycles. The van der Waals surface area contributed by atoms with Crippen molar-refractivity contribution < 1.29 is 0 Å². The quantitative estimate of drug-likeness (QED) is 0.121. The molecule has 4 heteroatoms. The van der Waals surface area contributed by atoms with Gasteiger partial charge in [-0.25, -0.2) is 0 Å². The summed E-state index contributed by atoms with van der Waals surface area (Å²) in [5, 5.41) is 7.64. The predicted molar refractivity (Wildman–Crippen MR) is 465 cm³/mol. The molecule has 0 spiro atoms. The Labute approximate surface area is 642 Å². The number of para-hydroxylation sites is 4. The summed E-state index contributed by atoms with van der Waals surface area (Å²) >= 11 is 0. The molecule has 110 heavy (non-hydrogen) atoms. The largest absolute Gasteiger partial charge is 0.310 e. The Balaban J connectivity index is 0.000000144. The lowest BCUT2D eigenvalue weighted by Crippen LogP contribution is -2.16. The Morgan fingerprint density at radius 1 is 0.200 bits per heavy atom. The highest BCUT2D eigenvalue weighted by molar-refractivity contribution is 6.12. The van der Waals surface area contributed by atoms with Crippen LogP contribution >= 0.6 is 0 Å². The van der Waals surface area contributed by atoms with E-state index in [0.717, 1.165) is 34.1 Å². The Kier molecular flexibility index (Phi) is 15.9. The molecule has 0 fully saturated rings. The molecule has 0 atom stereocenters. The molecule has 0 N–H and O–H groups in total. The van der Waals surface area contributed by atoms with E-state index in [2.05, 4.69) is 447 Å². The van der Waals surface area contributed by atoms with Crippen molar-refractivity contribution in [3.05, 3.63) is 423 Å². The van der Waals surface area contributed by atoms with Crippen molar-refractivity contribution in [1.29, 1.82) is 0 Å². The van der Waals surface area contributed by atoms with Gasteiger partial charge in [-0.05, 0) is 233 Å². The second kappa shape index (κ2) is 26.6. The normalized spacial score (nSPS) is 12.9. The summed E-state index contributed by atoms with van der Waals surface area (Å²) in [4.78, 5) is 4.81. The summed E-state index contributed by atoms with van der Waals surface area (Å²) in [5.74, 6) is 0. The van der Waals surface area contributed by atoms with Crippen LogP contribution in [0.4, 0.5) is 34.1 Å². The van der Waals surface area contributed by atoms with E-state index in [1.54, 1.807) is 0 Å². The van der Waals surface area contributed by atoms with E-state index in [1.807, 2.05) is 0 Å². The van der Waals surface area contributed by atoms with Crippen LogP contribution in [0.25, 0.3) is 133 Å². The first kappa shape index (κ1) is 65.7. The van der Waals surface area contributed by atoms with E-state index < -0.39 is 0 Å². The third-order valence-electron chi connectivity index (χ3n) is 23.4. The average Bonchev–Trinajstić information content (AvgIpc) is 1.57. The molecule has 0 unspecified atom stereocenters. The number of rotatable bonds is 12. The van der Waals surface area contributed by atoms with Crippen LogP contribution in [0.1, 0.15) is 49.9 Å². The molecule has 4 nitrogen and oxygen atoms in total. The molecule has 2 aromatic heterocycles. The van der Waals surface area contributed by atoms with Crippen molar-refractivity contribution in [2.24, 2.45) is 0 Å². The standard InChI is InChI=1S/C55H40N2.C51H38N2/c1-55(2)50-33-25-40-15-9-10-18-46(40)54(50)48-32-31-45(36-51(48)55)56(43-27-21-38(22-28-43)37-13-5-3-6-14-37)44-29-23-39(24-30-44)41-26-34-53-49(35-41)47-19-11-12-20-52(47)57(53)42-16-7-4-8-17-42;1-51(2)47-19-11-9-17-43(47)44-31-30-42(34-48(44)51)52(40-26-21-36(22-27-40)35-13-5-3-6-14-35)41-28-23-37(24-29-41)38-25-32-50-46(33-38)45-18-10-12-20-49(45)53(50)39-15-7-4-8-16-39/h3-36H,1-2H3;3-34H,1-2H3. The molecule has 0 saturated heterocycles. The molecule has 21 rings (SSSR count). The first-order chi connectivity index (χ1) is 54.1. The second-order valence-electron chi connectivity index (χ2n) is 30.4. The van der Waals surface area contributed by atoms with Crippen LogP contribution in [-0.4, -0.2) is 9.13 Å². The molecular formula is C106H78N4. The lowest BCUT2D eigenvalue weighted by Gasteiger charge is -2.28. The highest BCUT2D eigenvalue weighted by atomic mass is 15.1. The monoisotopic (exact) mass is 1410 g/mol. The fraction of sp³-hybridized carbons (Fsp3) is 0.0566. The maximum absolute atomic E-state index is 2.43. The first-order valence-electron chi connectivity index (χ1n) is 38.3. The third-order valence-corrected chi connectivity index (χ3v) is 23.4. The molecule has 522 valence electrons. The Morgan fingerprint density at radius 2 is 0.527 bits per heavy atom. The molecule has 19 aromatic rings. The van der Waals surface area contributed by atoms with Crippen molar-refractivity contribution in [2.75, 3.05) is 9.80 Å². The van der Waals surface area contributed by atoms with E-state index in [-0.39, 0.29) is 10.8 Å². The van der Waals surface area contributed by atoms with Gasteiger partial charge in [-0.3, -0.25) is 0 Å². The minimum Gasteiger partial charge on any atom is -0.310 e. The van der Waals surface area contributed by atoms with Crippen molar-refractivity contribution in [3.63, 3.8) is 0 Å². The Bertz CT molecular complexity index is 6710. The molecule has 0 aliphatic heterocycles. The number of anilines is 6. The lowest BCUT2D eigenvalue weighted by atomic mass is 9.82. The Hall–Kier alpha value is -13.8. The summed E-state index contributed by atoms with van der Waals surface area (Å²) in [6.07, 6.45) is 0. The zero-order chi connectivity index (χ0) is 73.6. The van der Waals surface area contributed by atoms with Gasteiger partial charge >= 0.3 is 0 Å². The maximum Gasteiger partial charge on any atom is 0.0541 e. The molecule has 17 aromatic carbocycles. The van der Waals surface area contributed by atoms with E-state index in [0.29, 0.717) is 0 Å². The molecule has 2 aliphatic rings. The smallest absolute Gasteiger partial charge is 0.0541 e. The van der Waals surface area contributed by atoms with E-state index >= 15 is 0 Å². The summed E-state index contributed by atoms with van der Waals surface area (Å²) in [6.45, 7) is 9.45. The summed E-state index contributed by atoms with van der Waals surface area (Å²) in [6, 6.07) is 146. The highest BCUT2D eigenvalue weighted by Crippen LogP contribution is 2.55. The maximum atomic E-state index is 2.43. The molecule has 2 aliphatic carbocycles.